The molecule has 1 aliphatic rings. The van der Waals surface area contributed by atoms with E-state index in [1.807, 2.05) is 35.2 Å². The molecule has 2 aromatic carbocycles. The van der Waals surface area contributed by atoms with Gasteiger partial charge in [-0.2, -0.15) is 0 Å². The fraction of sp³-hybridized carbons (Fsp3) is 0.300. The Morgan fingerprint density at radius 3 is 2.46 bits per heavy atom. The second-order valence-corrected chi connectivity index (χ2v) is 6.55. The summed E-state index contributed by atoms with van der Waals surface area (Å²) in [5.41, 5.74) is 6.85. The van der Waals surface area contributed by atoms with E-state index in [1.54, 1.807) is 0 Å². The molecule has 136 valence electrons. The lowest BCUT2D eigenvalue weighted by Crippen LogP contribution is -2.46. The first-order valence-corrected chi connectivity index (χ1v) is 8.69. The zero-order valence-electron chi connectivity index (χ0n) is 14.4. The first-order valence-electron chi connectivity index (χ1n) is 8.69. The van der Waals surface area contributed by atoms with Crippen molar-refractivity contribution >= 4 is 17.5 Å². The van der Waals surface area contributed by atoms with Gasteiger partial charge in [0.2, 0.25) is 11.8 Å². The minimum absolute atomic E-state index is 0.215. The molecule has 2 aromatic rings. The zero-order chi connectivity index (χ0) is 18.5. The van der Waals surface area contributed by atoms with Crippen molar-refractivity contribution in [2.24, 2.45) is 11.7 Å². The number of nitrogens with zero attached hydrogens (tertiary/aromatic N) is 1. The van der Waals surface area contributed by atoms with E-state index in [4.69, 9.17) is 5.73 Å². The molecular weight excluding hydrogens is 333 g/mol. The number of anilines is 1. The van der Waals surface area contributed by atoms with E-state index < -0.39 is 6.04 Å². The van der Waals surface area contributed by atoms with E-state index in [1.165, 1.54) is 24.3 Å². The Morgan fingerprint density at radius 2 is 1.81 bits per heavy atom. The summed E-state index contributed by atoms with van der Waals surface area (Å²) in [4.78, 5) is 26.6. The molecule has 0 aromatic heterocycles. The van der Waals surface area contributed by atoms with Crippen LogP contribution in [0.4, 0.5) is 10.1 Å². The topological polar surface area (TPSA) is 75.4 Å². The van der Waals surface area contributed by atoms with Crippen molar-refractivity contribution in [2.75, 3.05) is 18.4 Å². The summed E-state index contributed by atoms with van der Waals surface area (Å²) in [6.07, 6.45) is 1.55. The number of halogens is 1. The Bertz CT molecular complexity index is 764. The fourth-order valence-electron chi connectivity index (χ4n) is 3.38. The number of nitrogens with two attached hydrogens (primary N) is 1. The number of rotatable bonds is 5. The van der Waals surface area contributed by atoms with Crippen LogP contribution in [0.25, 0.3) is 0 Å². The minimum atomic E-state index is -0.539. The number of primary amides is 1. The van der Waals surface area contributed by atoms with Gasteiger partial charge >= 0.3 is 0 Å². The van der Waals surface area contributed by atoms with Crippen molar-refractivity contribution in [1.82, 2.24) is 4.90 Å². The maximum atomic E-state index is 13.1. The summed E-state index contributed by atoms with van der Waals surface area (Å²) in [6.45, 7) is 1.16. The first kappa shape index (κ1) is 18.1. The molecule has 1 saturated heterocycles. The monoisotopic (exact) mass is 355 g/mol. The predicted octanol–water partition coefficient (Wildman–Crippen LogP) is 2.70. The highest BCUT2D eigenvalue weighted by Gasteiger charge is 2.33. The number of carbonyl (C=O) groups excluding carboxylic acids is 2. The smallest absolute Gasteiger partial charge is 0.246 e. The molecule has 0 spiro atoms. The Balaban J connectivity index is 1.84. The number of hydrogen-bond acceptors (Lipinski definition) is 3. The SMILES string of the molecule is NC(=O)[C@H]1CCCN([C@H](C(=O)Nc2ccc(F)cc2)c2ccccc2)C1. The van der Waals surface area contributed by atoms with Crippen LogP contribution >= 0.6 is 0 Å². The number of likely N-dealkylation sites (tertiary alicyclic amines) is 1. The molecule has 1 heterocycles. The first-order chi connectivity index (χ1) is 12.5. The summed E-state index contributed by atoms with van der Waals surface area (Å²) < 4.78 is 13.1. The number of carbonyl (C=O) groups is 2. The van der Waals surface area contributed by atoms with Crippen molar-refractivity contribution in [1.29, 1.82) is 0 Å². The lowest BCUT2D eigenvalue weighted by Gasteiger charge is -2.36. The molecule has 1 fully saturated rings. The van der Waals surface area contributed by atoms with Gasteiger partial charge in [0.1, 0.15) is 11.9 Å². The minimum Gasteiger partial charge on any atom is -0.369 e. The van der Waals surface area contributed by atoms with E-state index >= 15 is 0 Å². The van der Waals surface area contributed by atoms with Crippen molar-refractivity contribution in [2.45, 2.75) is 18.9 Å². The maximum Gasteiger partial charge on any atom is 0.246 e. The third-order valence-electron chi connectivity index (χ3n) is 4.70. The maximum absolute atomic E-state index is 13.1. The molecule has 3 N–H and O–H groups in total. The molecular formula is C20H22FN3O2. The molecule has 0 unspecified atom stereocenters. The van der Waals surface area contributed by atoms with Gasteiger partial charge in [-0.3, -0.25) is 14.5 Å². The van der Waals surface area contributed by atoms with Gasteiger partial charge < -0.3 is 11.1 Å². The standard InChI is InChI=1S/C20H22FN3O2/c21-16-8-10-17(11-9-16)23-20(26)18(14-5-2-1-3-6-14)24-12-4-7-15(13-24)19(22)25/h1-3,5-6,8-11,15,18H,4,7,12-13H2,(H2,22,25)(H,23,26)/t15-,18-/m0/s1. The Kier molecular flexibility index (Phi) is 5.63. The van der Waals surface area contributed by atoms with Crippen LogP contribution < -0.4 is 11.1 Å². The second-order valence-electron chi connectivity index (χ2n) is 6.55. The largest absolute Gasteiger partial charge is 0.369 e. The van der Waals surface area contributed by atoms with Crippen molar-refractivity contribution in [3.8, 4) is 0 Å². The van der Waals surface area contributed by atoms with Gasteiger partial charge in [-0.1, -0.05) is 30.3 Å². The van der Waals surface area contributed by atoms with E-state index in [2.05, 4.69) is 5.32 Å². The number of nitrogens with one attached hydrogen (secondary N) is 1. The molecule has 0 radical (unpaired) electrons. The Hall–Kier alpha value is -2.73. The molecule has 1 aliphatic heterocycles. The number of amides is 2. The number of hydrogen-bond donors (Lipinski definition) is 2. The molecule has 26 heavy (non-hydrogen) atoms. The van der Waals surface area contributed by atoms with Gasteiger partial charge in [-0.15, -0.1) is 0 Å². The zero-order valence-corrected chi connectivity index (χ0v) is 14.4. The highest BCUT2D eigenvalue weighted by atomic mass is 19.1. The van der Waals surface area contributed by atoms with Gasteiger partial charge in [-0.25, -0.2) is 4.39 Å². The van der Waals surface area contributed by atoms with Crippen LogP contribution in [-0.2, 0) is 9.59 Å². The summed E-state index contributed by atoms with van der Waals surface area (Å²) in [5.74, 6) is -1.16. The third-order valence-corrected chi connectivity index (χ3v) is 4.70. The average molecular weight is 355 g/mol. The van der Waals surface area contributed by atoms with Gasteiger partial charge in [0.25, 0.3) is 0 Å². The van der Waals surface area contributed by atoms with Crippen molar-refractivity contribution < 1.29 is 14.0 Å². The van der Waals surface area contributed by atoms with Crippen LogP contribution in [-0.4, -0.2) is 29.8 Å². The quantitative estimate of drug-likeness (QED) is 0.866. The van der Waals surface area contributed by atoms with Crippen molar-refractivity contribution in [3.63, 3.8) is 0 Å². The van der Waals surface area contributed by atoms with Gasteiger partial charge in [0.15, 0.2) is 0 Å². The molecule has 0 aliphatic carbocycles. The normalized spacial score (nSPS) is 18.9. The Morgan fingerprint density at radius 1 is 1.12 bits per heavy atom. The highest BCUT2D eigenvalue weighted by Crippen LogP contribution is 2.28. The predicted molar refractivity (Wildman–Crippen MR) is 97.7 cm³/mol. The lowest BCUT2D eigenvalue weighted by atomic mass is 9.94. The van der Waals surface area contributed by atoms with Crippen LogP contribution in [0.1, 0.15) is 24.4 Å². The average Bonchev–Trinajstić information content (AvgIpc) is 2.65. The van der Waals surface area contributed by atoms with Gasteiger partial charge in [-0.05, 0) is 49.2 Å². The summed E-state index contributed by atoms with van der Waals surface area (Å²) in [5, 5.41) is 2.85. The van der Waals surface area contributed by atoms with E-state index in [0.29, 0.717) is 18.8 Å². The lowest BCUT2D eigenvalue weighted by molar-refractivity contribution is -0.127. The molecule has 6 heteroatoms. The van der Waals surface area contributed by atoms with E-state index in [0.717, 1.165) is 18.4 Å². The fourth-order valence-corrected chi connectivity index (χ4v) is 3.38. The second kappa shape index (κ2) is 8.10. The molecule has 3 rings (SSSR count). The molecule has 2 amide bonds. The Labute approximate surface area is 152 Å². The molecule has 5 nitrogen and oxygen atoms in total. The summed E-state index contributed by atoms with van der Waals surface area (Å²) >= 11 is 0. The van der Waals surface area contributed by atoms with Crippen LogP contribution in [0.3, 0.4) is 0 Å². The van der Waals surface area contributed by atoms with Crippen LogP contribution in [0.2, 0.25) is 0 Å². The van der Waals surface area contributed by atoms with Crippen LogP contribution in [0.15, 0.2) is 54.6 Å². The van der Waals surface area contributed by atoms with Crippen molar-refractivity contribution in [3.05, 3.63) is 66.0 Å². The van der Waals surface area contributed by atoms with E-state index in [9.17, 15) is 14.0 Å². The van der Waals surface area contributed by atoms with Crippen LogP contribution in [0, 0.1) is 11.7 Å². The molecule has 2 atom stereocenters. The van der Waals surface area contributed by atoms with Gasteiger partial charge in [0.05, 0.1) is 5.92 Å². The molecule has 0 bridgehead atoms. The summed E-state index contributed by atoms with van der Waals surface area (Å²) in [7, 11) is 0. The highest BCUT2D eigenvalue weighted by molar-refractivity contribution is 5.95. The summed E-state index contributed by atoms with van der Waals surface area (Å²) in [6, 6.07) is 14.5. The van der Waals surface area contributed by atoms with Gasteiger partial charge in [0, 0.05) is 12.2 Å². The van der Waals surface area contributed by atoms with Crippen LogP contribution in [0.5, 0.6) is 0 Å². The molecule has 0 saturated carbocycles. The third kappa shape index (κ3) is 4.26. The van der Waals surface area contributed by atoms with E-state index in [-0.39, 0.29) is 23.5 Å². The number of benzene rings is 2. The number of piperidine rings is 1.